The molecular weight excluding hydrogens is 286 g/mol. The van der Waals surface area contributed by atoms with E-state index in [-0.39, 0.29) is 6.03 Å². The van der Waals surface area contributed by atoms with Crippen molar-refractivity contribution in [2.75, 3.05) is 25.0 Å². The molecule has 0 radical (unpaired) electrons. The Morgan fingerprint density at radius 3 is 2.74 bits per heavy atom. The first-order valence-electron chi connectivity index (χ1n) is 8.98. The van der Waals surface area contributed by atoms with Gasteiger partial charge in [0.25, 0.3) is 0 Å². The SMILES string of the molecule is Cc1ccc(NC(=O)NCC2CCN(C3CCCC3)C2)c(C)c1. The van der Waals surface area contributed by atoms with Crippen molar-refractivity contribution in [1.82, 2.24) is 10.2 Å². The van der Waals surface area contributed by atoms with E-state index in [2.05, 4.69) is 28.5 Å². The predicted octanol–water partition coefficient (Wildman–Crippen LogP) is 3.69. The molecule has 1 saturated heterocycles. The molecule has 4 nitrogen and oxygen atoms in total. The molecule has 1 aromatic carbocycles. The Morgan fingerprint density at radius 1 is 1.22 bits per heavy atom. The molecule has 1 saturated carbocycles. The molecule has 126 valence electrons. The number of anilines is 1. The summed E-state index contributed by atoms with van der Waals surface area (Å²) in [5.41, 5.74) is 3.21. The van der Waals surface area contributed by atoms with E-state index in [9.17, 15) is 4.79 Å². The second-order valence-electron chi connectivity index (χ2n) is 7.24. The molecule has 0 spiro atoms. The Bertz CT molecular complexity index is 552. The lowest BCUT2D eigenvalue weighted by Gasteiger charge is -2.23. The first-order valence-corrected chi connectivity index (χ1v) is 8.98. The lowest BCUT2D eigenvalue weighted by atomic mass is 10.1. The van der Waals surface area contributed by atoms with Crippen molar-refractivity contribution in [3.05, 3.63) is 29.3 Å². The number of benzene rings is 1. The standard InChI is InChI=1S/C19H29N3O/c1-14-7-8-18(15(2)11-14)21-19(23)20-12-16-9-10-22(13-16)17-5-3-4-6-17/h7-8,11,16-17H,3-6,9-10,12-13H2,1-2H3,(H2,20,21,23). The largest absolute Gasteiger partial charge is 0.338 e. The van der Waals surface area contributed by atoms with Crippen LogP contribution in [-0.4, -0.2) is 36.6 Å². The summed E-state index contributed by atoms with van der Waals surface area (Å²) in [5.74, 6) is 0.598. The second kappa shape index (κ2) is 7.35. The minimum Gasteiger partial charge on any atom is -0.338 e. The number of carbonyl (C=O) groups is 1. The summed E-state index contributed by atoms with van der Waals surface area (Å²) in [4.78, 5) is 14.7. The van der Waals surface area contributed by atoms with Gasteiger partial charge in [-0.1, -0.05) is 30.5 Å². The summed E-state index contributed by atoms with van der Waals surface area (Å²) in [6, 6.07) is 6.81. The number of hydrogen-bond donors (Lipinski definition) is 2. The van der Waals surface area contributed by atoms with E-state index >= 15 is 0 Å². The zero-order chi connectivity index (χ0) is 16.2. The number of rotatable bonds is 4. The molecule has 1 aromatic rings. The zero-order valence-electron chi connectivity index (χ0n) is 14.4. The fourth-order valence-corrected chi connectivity index (χ4v) is 3.99. The molecular formula is C19H29N3O. The third-order valence-corrected chi connectivity index (χ3v) is 5.34. The van der Waals surface area contributed by atoms with Crippen LogP contribution in [0.2, 0.25) is 0 Å². The number of carbonyl (C=O) groups excluding carboxylic acids is 1. The summed E-state index contributed by atoms with van der Waals surface area (Å²) in [6.45, 7) is 7.22. The van der Waals surface area contributed by atoms with Crippen molar-refractivity contribution in [2.24, 2.45) is 5.92 Å². The van der Waals surface area contributed by atoms with Gasteiger partial charge in [0.05, 0.1) is 0 Å². The summed E-state index contributed by atoms with van der Waals surface area (Å²) in [7, 11) is 0. The van der Waals surface area contributed by atoms with Crippen molar-refractivity contribution < 1.29 is 4.79 Å². The van der Waals surface area contributed by atoms with Gasteiger partial charge in [-0.2, -0.15) is 0 Å². The van der Waals surface area contributed by atoms with Gasteiger partial charge in [0.2, 0.25) is 0 Å². The lowest BCUT2D eigenvalue weighted by molar-refractivity contribution is 0.234. The van der Waals surface area contributed by atoms with Gasteiger partial charge in [0.1, 0.15) is 0 Å². The second-order valence-corrected chi connectivity index (χ2v) is 7.24. The number of hydrogen-bond acceptors (Lipinski definition) is 2. The molecule has 1 atom stereocenters. The molecule has 0 aromatic heterocycles. The van der Waals surface area contributed by atoms with E-state index in [1.807, 2.05) is 19.1 Å². The highest BCUT2D eigenvalue weighted by molar-refractivity contribution is 5.90. The molecule has 2 amide bonds. The van der Waals surface area contributed by atoms with E-state index in [1.165, 1.54) is 44.2 Å². The maximum atomic E-state index is 12.1. The van der Waals surface area contributed by atoms with E-state index < -0.39 is 0 Å². The summed E-state index contributed by atoms with van der Waals surface area (Å²) in [5, 5.41) is 6.01. The predicted molar refractivity (Wildman–Crippen MR) is 94.9 cm³/mol. The highest BCUT2D eigenvalue weighted by atomic mass is 16.2. The van der Waals surface area contributed by atoms with E-state index in [1.54, 1.807) is 0 Å². The van der Waals surface area contributed by atoms with Gasteiger partial charge in [0, 0.05) is 24.8 Å². The van der Waals surface area contributed by atoms with E-state index in [0.29, 0.717) is 5.92 Å². The van der Waals surface area contributed by atoms with Crippen LogP contribution >= 0.6 is 0 Å². The van der Waals surface area contributed by atoms with Crippen LogP contribution in [-0.2, 0) is 0 Å². The van der Waals surface area contributed by atoms with Crippen LogP contribution in [0.25, 0.3) is 0 Å². The minimum absolute atomic E-state index is 0.0868. The Balaban J connectivity index is 1.42. The van der Waals surface area contributed by atoms with Gasteiger partial charge in [-0.3, -0.25) is 0 Å². The van der Waals surface area contributed by atoms with E-state index in [4.69, 9.17) is 0 Å². The normalized spacial score (nSPS) is 22.4. The monoisotopic (exact) mass is 315 g/mol. The molecule has 1 aliphatic carbocycles. The summed E-state index contributed by atoms with van der Waals surface area (Å²) < 4.78 is 0. The average Bonchev–Trinajstić information content (AvgIpc) is 3.18. The van der Waals surface area contributed by atoms with Crippen molar-refractivity contribution in [3.8, 4) is 0 Å². The number of amides is 2. The van der Waals surface area contributed by atoms with Gasteiger partial charge in [-0.05, 0) is 57.2 Å². The quantitative estimate of drug-likeness (QED) is 0.890. The number of urea groups is 1. The third kappa shape index (κ3) is 4.25. The summed E-state index contributed by atoms with van der Waals surface area (Å²) in [6.07, 6.45) is 6.73. The third-order valence-electron chi connectivity index (χ3n) is 5.34. The topological polar surface area (TPSA) is 44.4 Å². The molecule has 0 bridgehead atoms. The highest BCUT2D eigenvalue weighted by Crippen LogP contribution is 2.28. The molecule has 3 rings (SSSR count). The Labute approximate surface area is 139 Å². The average molecular weight is 315 g/mol. The molecule has 23 heavy (non-hydrogen) atoms. The van der Waals surface area contributed by atoms with Crippen molar-refractivity contribution >= 4 is 11.7 Å². The van der Waals surface area contributed by atoms with Gasteiger partial charge in [-0.25, -0.2) is 4.79 Å². The van der Waals surface area contributed by atoms with Gasteiger partial charge in [0.15, 0.2) is 0 Å². The molecule has 1 aliphatic heterocycles. The van der Waals surface area contributed by atoms with Crippen LogP contribution in [0, 0.1) is 19.8 Å². The first-order chi connectivity index (χ1) is 11.1. The van der Waals surface area contributed by atoms with Crippen molar-refractivity contribution in [2.45, 2.75) is 52.0 Å². The number of aryl methyl sites for hydroxylation is 2. The fraction of sp³-hybridized carbons (Fsp3) is 0.632. The molecule has 2 fully saturated rings. The van der Waals surface area contributed by atoms with Crippen molar-refractivity contribution in [1.29, 1.82) is 0 Å². The fourth-order valence-electron chi connectivity index (χ4n) is 3.99. The van der Waals surface area contributed by atoms with E-state index in [0.717, 1.165) is 30.4 Å². The highest BCUT2D eigenvalue weighted by Gasteiger charge is 2.29. The van der Waals surface area contributed by atoms with Crippen LogP contribution in [0.1, 0.15) is 43.2 Å². The van der Waals surface area contributed by atoms with Gasteiger partial charge >= 0.3 is 6.03 Å². The minimum atomic E-state index is -0.0868. The van der Waals surface area contributed by atoms with Crippen LogP contribution in [0.5, 0.6) is 0 Å². The van der Waals surface area contributed by atoms with Crippen LogP contribution in [0.15, 0.2) is 18.2 Å². The smallest absolute Gasteiger partial charge is 0.319 e. The first kappa shape index (κ1) is 16.3. The molecule has 1 heterocycles. The molecule has 1 unspecified atom stereocenters. The maximum absolute atomic E-state index is 12.1. The van der Waals surface area contributed by atoms with Crippen LogP contribution < -0.4 is 10.6 Å². The maximum Gasteiger partial charge on any atom is 0.319 e. The Hall–Kier alpha value is -1.55. The summed E-state index contributed by atoms with van der Waals surface area (Å²) >= 11 is 0. The molecule has 2 aliphatic rings. The zero-order valence-corrected chi connectivity index (χ0v) is 14.4. The number of nitrogens with one attached hydrogen (secondary N) is 2. The van der Waals surface area contributed by atoms with Crippen LogP contribution in [0.3, 0.4) is 0 Å². The Morgan fingerprint density at radius 2 is 2.00 bits per heavy atom. The van der Waals surface area contributed by atoms with Crippen molar-refractivity contribution in [3.63, 3.8) is 0 Å². The van der Waals surface area contributed by atoms with Crippen LogP contribution in [0.4, 0.5) is 10.5 Å². The molecule has 4 heteroatoms. The van der Waals surface area contributed by atoms with Gasteiger partial charge < -0.3 is 15.5 Å². The van der Waals surface area contributed by atoms with Gasteiger partial charge in [-0.15, -0.1) is 0 Å². The lowest BCUT2D eigenvalue weighted by Crippen LogP contribution is -2.36. The number of likely N-dealkylation sites (tertiary alicyclic amines) is 1. The number of nitrogens with zero attached hydrogens (tertiary/aromatic N) is 1. The Kier molecular flexibility index (Phi) is 5.21. The molecule has 2 N–H and O–H groups in total.